The van der Waals surface area contributed by atoms with Crippen LogP contribution in [0.15, 0.2) is 0 Å². The van der Waals surface area contributed by atoms with Crippen molar-refractivity contribution >= 4 is 11.8 Å². The summed E-state index contributed by atoms with van der Waals surface area (Å²) in [6, 6.07) is 0. The molecule has 1 N–H and O–H groups in total. The fourth-order valence-corrected chi connectivity index (χ4v) is 1.23. The van der Waals surface area contributed by atoms with Crippen LogP contribution in [0, 0.1) is 0 Å². The molecular weight excluding hydrogens is 180 g/mol. The number of nitrogens with zero attached hydrogens (tertiary/aromatic N) is 1. The van der Waals surface area contributed by atoms with Crippen molar-refractivity contribution in [2.24, 2.45) is 0 Å². The summed E-state index contributed by atoms with van der Waals surface area (Å²) in [7, 11) is 2.18. The van der Waals surface area contributed by atoms with Gasteiger partial charge in [-0.3, -0.25) is 0 Å². The largest absolute Gasteiger partial charge is 0.315 e. The standard InChI is InChI=1S/C10H24N2S/c1-10(2,3)12(4)8-6-11-7-9-13-5/h11H,6-9H2,1-5H3. The first-order valence-corrected chi connectivity index (χ1v) is 6.28. The molecule has 0 saturated carbocycles. The molecule has 0 aliphatic carbocycles. The lowest BCUT2D eigenvalue weighted by molar-refractivity contribution is 0.177. The minimum atomic E-state index is 0.293. The summed E-state index contributed by atoms with van der Waals surface area (Å²) in [4.78, 5) is 2.37. The zero-order valence-corrected chi connectivity index (χ0v) is 10.5. The molecule has 80 valence electrons. The van der Waals surface area contributed by atoms with Crippen LogP contribution in [0.5, 0.6) is 0 Å². The molecule has 0 aromatic heterocycles. The second kappa shape index (κ2) is 6.68. The molecule has 0 fully saturated rings. The van der Waals surface area contributed by atoms with Crippen LogP contribution in [0.4, 0.5) is 0 Å². The maximum atomic E-state index is 3.43. The number of hydrogen-bond donors (Lipinski definition) is 1. The first-order chi connectivity index (χ1) is 5.98. The fraction of sp³-hybridized carbons (Fsp3) is 1.00. The van der Waals surface area contributed by atoms with Gasteiger partial charge in [0.15, 0.2) is 0 Å². The molecule has 0 saturated heterocycles. The van der Waals surface area contributed by atoms with E-state index in [-0.39, 0.29) is 0 Å². The molecule has 2 nitrogen and oxygen atoms in total. The van der Waals surface area contributed by atoms with Crippen molar-refractivity contribution in [1.82, 2.24) is 10.2 Å². The molecule has 0 aromatic rings. The Morgan fingerprint density at radius 3 is 2.31 bits per heavy atom. The van der Waals surface area contributed by atoms with E-state index in [1.165, 1.54) is 5.75 Å². The number of rotatable bonds is 6. The van der Waals surface area contributed by atoms with Crippen molar-refractivity contribution < 1.29 is 0 Å². The topological polar surface area (TPSA) is 15.3 Å². The normalized spacial score (nSPS) is 12.5. The van der Waals surface area contributed by atoms with Crippen LogP contribution in [0.1, 0.15) is 20.8 Å². The van der Waals surface area contributed by atoms with Crippen molar-refractivity contribution in [3.8, 4) is 0 Å². The van der Waals surface area contributed by atoms with E-state index >= 15 is 0 Å². The van der Waals surface area contributed by atoms with E-state index in [0.717, 1.165) is 19.6 Å². The highest BCUT2D eigenvalue weighted by Gasteiger charge is 2.15. The fourth-order valence-electron chi connectivity index (χ4n) is 0.881. The molecule has 0 unspecified atom stereocenters. The highest BCUT2D eigenvalue weighted by atomic mass is 32.2. The Bertz CT molecular complexity index is 121. The second-order valence-corrected chi connectivity index (χ2v) is 5.32. The minimum Gasteiger partial charge on any atom is -0.315 e. The van der Waals surface area contributed by atoms with Crippen molar-refractivity contribution in [2.75, 3.05) is 38.7 Å². The first kappa shape index (κ1) is 13.3. The van der Waals surface area contributed by atoms with Crippen molar-refractivity contribution in [1.29, 1.82) is 0 Å². The summed E-state index contributed by atoms with van der Waals surface area (Å²) >= 11 is 1.89. The maximum Gasteiger partial charge on any atom is 0.0122 e. The van der Waals surface area contributed by atoms with Crippen LogP contribution in [-0.2, 0) is 0 Å². The van der Waals surface area contributed by atoms with Crippen LogP contribution < -0.4 is 5.32 Å². The SMILES string of the molecule is CSCCNCCN(C)C(C)(C)C. The zero-order chi connectivity index (χ0) is 10.3. The van der Waals surface area contributed by atoms with Gasteiger partial charge in [-0.2, -0.15) is 11.8 Å². The number of hydrogen-bond acceptors (Lipinski definition) is 3. The van der Waals surface area contributed by atoms with Gasteiger partial charge >= 0.3 is 0 Å². The third-order valence-corrected chi connectivity index (χ3v) is 2.86. The van der Waals surface area contributed by atoms with Crippen LogP contribution in [-0.4, -0.2) is 49.1 Å². The number of likely N-dealkylation sites (N-methyl/N-ethyl adjacent to an activating group) is 1. The Morgan fingerprint density at radius 1 is 1.23 bits per heavy atom. The third kappa shape index (κ3) is 7.35. The van der Waals surface area contributed by atoms with Gasteiger partial charge in [0.1, 0.15) is 0 Å². The van der Waals surface area contributed by atoms with Crippen LogP contribution in [0.2, 0.25) is 0 Å². The summed E-state index contributed by atoms with van der Waals surface area (Å²) in [5, 5.41) is 3.43. The van der Waals surface area contributed by atoms with Gasteiger partial charge in [-0.1, -0.05) is 0 Å². The summed E-state index contributed by atoms with van der Waals surface area (Å²) in [6.45, 7) is 10.1. The lowest BCUT2D eigenvalue weighted by Crippen LogP contribution is -2.42. The summed E-state index contributed by atoms with van der Waals surface area (Å²) in [5.74, 6) is 1.21. The molecule has 0 spiro atoms. The van der Waals surface area contributed by atoms with E-state index in [2.05, 4.69) is 44.3 Å². The molecular formula is C10H24N2S. The van der Waals surface area contributed by atoms with Gasteiger partial charge in [-0.05, 0) is 34.1 Å². The van der Waals surface area contributed by atoms with Crippen molar-refractivity contribution in [3.05, 3.63) is 0 Å². The lowest BCUT2D eigenvalue weighted by Gasteiger charge is -2.31. The molecule has 0 aromatic carbocycles. The molecule has 0 aliphatic heterocycles. The zero-order valence-electron chi connectivity index (χ0n) is 9.68. The smallest absolute Gasteiger partial charge is 0.0122 e. The Kier molecular flexibility index (Phi) is 6.82. The molecule has 13 heavy (non-hydrogen) atoms. The quantitative estimate of drug-likeness (QED) is 0.663. The highest BCUT2D eigenvalue weighted by Crippen LogP contribution is 2.08. The van der Waals surface area contributed by atoms with E-state index < -0.39 is 0 Å². The van der Waals surface area contributed by atoms with Crippen LogP contribution in [0.3, 0.4) is 0 Å². The van der Waals surface area contributed by atoms with Gasteiger partial charge in [0.2, 0.25) is 0 Å². The molecule has 0 atom stereocenters. The summed E-state index contributed by atoms with van der Waals surface area (Å²) in [5.41, 5.74) is 0.293. The van der Waals surface area contributed by atoms with Gasteiger partial charge < -0.3 is 10.2 Å². The Morgan fingerprint density at radius 2 is 1.85 bits per heavy atom. The Hall–Kier alpha value is 0.270. The monoisotopic (exact) mass is 204 g/mol. The lowest BCUT2D eigenvalue weighted by atomic mass is 10.1. The molecule has 0 rings (SSSR count). The van der Waals surface area contributed by atoms with Crippen LogP contribution in [0.25, 0.3) is 0 Å². The molecule has 0 heterocycles. The first-order valence-electron chi connectivity index (χ1n) is 4.89. The maximum absolute atomic E-state index is 3.43. The molecule has 0 amide bonds. The van der Waals surface area contributed by atoms with E-state index in [9.17, 15) is 0 Å². The number of nitrogens with one attached hydrogen (secondary N) is 1. The number of thioether (sulfide) groups is 1. The average molecular weight is 204 g/mol. The summed E-state index contributed by atoms with van der Waals surface area (Å²) < 4.78 is 0. The molecule has 0 radical (unpaired) electrons. The summed E-state index contributed by atoms with van der Waals surface area (Å²) in [6.07, 6.45) is 2.14. The second-order valence-electron chi connectivity index (χ2n) is 4.34. The Balaban J connectivity index is 3.32. The predicted molar refractivity (Wildman–Crippen MR) is 63.6 cm³/mol. The minimum absolute atomic E-state index is 0.293. The third-order valence-electron chi connectivity index (χ3n) is 2.25. The van der Waals surface area contributed by atoms with E-state index in [0.29, 0.717) is 5.54 Å². The molecule has 3 heteroatoms. The van der Waals surface area contributed by atoms with E-state index in [4.69, 9.17) is 0 Å². The van der Waals surface area contributed by atoms with Gasteiger partial charge in [-0.25, -0.2) is 0 Å². The van der Waals surface area contributed by atoms with Gasteiger partial charge in [0, 0.05) is 30.9 Å². The molecule has 0 aliphatic rings. The van der Waals surface area contributed by atoms with E-state index in [1.807, 2.05) is 11.8 Å². The average Bonchev–Trinajstić information content (AvgIpc) is 2.02. The van der Waals surface area contributed by atoms with E-state index in [1.54, 1.807) is 0 Å². The van der Waals surface area contributed by atoms with Gasteiger partial charge in [-0.15, -0.1) is 0 Å². The van der Waals surface area contributed by atoms with Gasteiger partial charge in [0.25, 0.3) is 0 Å². The Labute approximate surface area is 87.5 Å². The van der Waals surface area contributed by atoms with Crippen LogP contribution >= 0.6 is 11.8 Å². The van der Waals surface area contributed by atoms with Gasteiger partial charge in [0.05, 0.1) is 0 Å². The highest BCUT2D eigenvalue weighted by molar-refractivity contribution is 7.98. The molecule has 0 bridgehead atoms. The predicted octanol–water partition coefficient (Wildman–Crippen LogP) is 1.67. The van der Waals surface area contributed by atoms with Crippen molar-refractivity contribution in [3.63, 3.8) is 0 Å². The van der Waals surface area contributed by atoms with Crippen molar-refractivity contribution in [2.45, 2.75) is 26.3 Å².